The summed E-state index contributed by atoms with van der Waals surface area (Å²) in [6.07, 6.45) is 3.36. The monoisotopic (exact) mass is 272 g/mol. The molecule has 0 amide bonds. The maximum atomic E-state index is 12.1. The molecule has 0 saturated carbocycles. The van der Waals surface area contributed by atoms with E-state index >= 15 is 0 Å². The highest BCUT2D eigenvalue weighted by Crippen LogP contribution is 2.19. The molecule has 20 heavy (non-hydrogen) atoms. The number of carbonyl (C=O) groups is 2. The van der Waals surface area contributed by atoms with Gasteiger partial charge in [-0.3, -0.25) is 14.3 Å². The van der Waals surface area contributed by atoms with E-state index in [1.165, 1.54) is 10.8 Å². The molecular formula is C15H16N2O3. The lowest BCUT2D eigenvalue weighted by atomic mass is 10.2. The zero-order valence-electron chi connectivity index (χ0n) is 11.7. The Bertz CT molecular complexity index is 621. The molecule has 0 spiro atoms. The lowest BCUT2D eigenvalue weighted by Gasteiger charge is -2.20. The molecule has 0 fully saturated rings. The SMILES string of the molecule is CC(C)(C)OC(=O)n1cccc1-c1ccc(C=O)cn1. The molecule has 0 aromatic carbocycles. The van der Waals surface area contributed by atoms with Crippen LogP contribution in [-0.4, -0.2) is 27.5 Å². The van der Waals surface area contributed by atoms with Crippen molar-refractivity contribution in [3.8, 4) is 11.4 Å². The van der Waals surface area contributed by atoms with Crippen molar-refractivity contribution in [2.24, 2.45) is 0 Å². The largest absolute Gasteiger partial charge is 0.443 e. The third-order valence-corrected chi connectivity index (χ3v) is 2.52. The summed E-state index contributed by atoms with van der Waals surface area (Å²) < 4.78 is 6.73. The summed E-state index contributed by atoms with van der Waals surface area (Å²) in [6.45, 7) is 5.43. The first kappa shape index (κ1) is 14.0. The van der Waals surface area contributed by atoms with Gasteiger partial charge in [-0.2, -0.15) is 0 Å². The molecule has 0 aliphatic rings. The maximum absolute atomic E-state index is 12.1. The van der Waals surface area contributed by atoms with Crippen molar-refractivity contribution in [1.29, 1.82) is 0 Å². The molecule has 0 atom stereocenters. The second-order valence-electron chi connectivity index (χ2n) is 5.34. The summed E-state index contributed by atoms with van der Waals surface area (Å²) in [5.41, 5.74) is 1.15. The zero-order chi connectivity index (χ0) is 14.8. The van der Waals surface area contributed by atoms with Crippen molar-refractivity contribution in [2.75, 3.05) is 0 Å². The lowest BCUT2D eigenvalue weighted by molar-refractivity contribution is 0.0540. The zero-order valence-corrected chi connectivity index (χ0v) is 11.7. The molecule has 0 N–H and O–H groups in total. The molecule has 0 radical (unpaired) electrons. The minimum atomic E-state index is -0.562. The highest BCUT2D eigenvalue weighted by molar-refractivity contribution is 5.79. The molecule has 0 bridgehead atoms. The number of nitrogens with zero attached hydrogens (tertiary/aromatic N) is 2. The van der Waals surface area contributed by atoms with Gasteiger partial charge in [-0.05, 0) is 45.0 Å². The number of hydrogen-bond acceptors (Lipinski definition) is 4. The van der Waals surface area contributed by atoms with Crippen LogP contribution in [0.25, 0.3) is 11.4 Å². The molecular weight excluding hydrogens is 256 g/mol. The Morgan fingerprint density at radius 1 is 1.30 bits per heavy atom. The molecule has 2 rings (SSSR count). The Kier molecular flexibility index (Phi) is 3.70. The van der Waals surface area contributed by atoms with Gasteiger partial charge < -0.3 is 4.74 Å². The molecule has 5 nitrogen and oxygen atoms in total. The van der Waals surface area contributed by atoms with Crippen LogP contribution < -0.4 is 0 Å². The van der Waals surface area contributed by atoms with Gasteiger partial charge in [0, 0.05) is 18.0 Å². The Labute approximate surface area is 117 Å². The summed E-state index contributed by atoms with van der Waals surface area (Å²) >= 11 is 0. The van der Waals surface area contributed by atoms with Gasteiger partial charge in [0.05, 0.1) is 11.4 Å². The minimum Gasteiger partial charge on any atom is -0.443 e. The average Bonchev–Trinajstić information content (AvgIpc) is 2.86. The normalized spacial score (nSPS) is 11.2. The summed E-state index contributed by atoms with van der Waals surface area (Å²) in [5, 5.41) is 0. The highest BCUT2D eigenvalue weighted by atomic mass is 16.6. The number of hydrogen-bond donors (Lipinski definition) is 0. The third kappa shape index (κ3) is 3.12. The van der Waals surface area contributed by atoms with Gasteiger partial charge in [0.2, 0.25) is 0 Å². The fraction of sp³-hybridized carbons (Fsp3) is 0.267. The summed E-state index contributed by atoms with van der Waals surface area (Å²) in [6, 6.07) is 6.86. The van der Waals surface area contributed by atoms with E-state index in [0.717, 1.165) is 6.29 Å². The molecule has 0 aliphatic carbocycles. The van der Waals surface area contributed by atoms with E-state index in [-0.39, 0.29) is 0 Å². The van der Waals surface area contributed by atoms with Crippen LogP contribution >= 0.6 is 0 Å². The molecule has 104 valence electrons. The molecule has 2 aromatic rings. The van der Waals surface area contributed by atoms with Gasteiger partial charge in [-0.15, -0.1) is 0 Å². The minimum absolute atomic E-state index is 0.459. The van der Waals surface area contributed by atoms with Crippen LogP contribution in [0.4, 0.5) is 4.79 Å². The molecule has 0 unspecified atom stereocenters. The van der Waals surface area contributed by atoms with E-state index in [0.29, 0.717) is 17.0 Å². The molecule has 5 heteroatoms. The van der Waals surface area contributed by atoms with Gasteiger partial charge >= 0.3 is 6.09 Å². The highest BCUT2D eigenvalue weighted by Gasteiger charge is 2.20. The first-order chi connectivity index (χ1) is 9.40. The molecule has 0 saturated heterocycles. The predicted octanol–water partition coefficient (Wildman–Crippen LogP) is 3.15. The van der Waals surface area contributed by atoms with Crippen LogP contribution in [0.2, 0.25) is 0 Å². The van der Waals surface area contributed by atoms with E-state index in [1.807, 2.05) is 20.8 Å². The van der Waals surface area contributed by atoms with Crippen LogP contribution in [0.5, 0.6) is 0 Å². The second kappa shape index (κ2) is 5.28. The third-order valence-electron chi connectivity index (χ3n) is 2.52. The topological polar surface area (TPSA) is 61.2 Å². The van der Waals surface area contributed by atoms with Crippen molar-refractivity contribution in [1.82, 2.24) is 9.55 Å². The van der Waals surface area contributed by atoms with Crippen LogP contribution in [0.15, 0.2) is 36.7 Å². The van der Waals surface area contributed by atoms with Crippen LogP contribution in [0.3, 0.4) is 0 Å². The number of pyridine rings is 1. The Morgan fingerprint density at radius 3 is 2.60 bits per heavy atom. The number of aromatic nitrogens is 2. The van der Waals surface area contributed by atoms with Gasteiger partial charge in [0.1, 0.15) is 5.60 Å². The lowest BCUT2D eigenvalue weighted by Crippen LogP contribution is -2.27. The fourth-order valence-corrected chi connectivity index (χ4v) is 1.69. The van der Waals surface area contributed by atoms with Crippen molar-refractivity contribution < 1.29 is 14.3 Å². The summed E-state index contributed by atoms with van der Waals surface area (Å²) in [4.78, 5) is 26.9. The Hall–Kier alpha value is -2.43. The fourth-order valence-electron chi connectivity index (χ4n) is 1.69. The van der Waals surface area contributed by atoms with Crippen molar-refractivity contribution in [3.05, 3.63) is 42.2 Å². The first-order valence-electron chi connectivity index (χ1n) is 6.23. The smallest absolute Gasteiger partial charge is 0.419 e. The first-order valence-corrected chi connectivity index (χ1v) is 6.23. The van der Waals surface area contributed by atoms with Crippen LogP contribution in [0.1, 0.15) is 31.1 Å². The summed E-state index contributed by atoms with van der Waals surface area (Å²) in [5.74, 6) is 0. The number of carbonyl (C=O) groups excluding carboxylic acids is 2. The van der Waals surface area contributed by atoms with Crippen LogP contribution in [0, 0.1) is 0 Å². The van der Waals surface area contributed by atoms with Crippen molar-refractivity contribution in [3.63, 3.8) is 0 Å². The van der Waals surface area contributed by atoms with E-state index in [2.05, 4.69) is 4.98 Å². The number of ether oxygens (including phenoxy) is 1. The predicted molar refractivity (Wildman–Crippen MR) is 74.7 cm³/mol. The van der Waals surface area contributed by atoms with Gasteiger partial charge in [-0.1, -0.05) is 0 Å². The van der Waals surface area contributed by atoms with Gasteiger partial charge in [-0.25, -0.2) is 4.79 Å². The van der Waals surface area contributed by atoms with Crippen LogP contribution in [-0.2, 0) is 4.74 Å². The number of rotatable bonds is 2. The van der Waals surface area contributed by atoms with E-state index in [4.69, 9.17) is 4.74 Å². The standard InChI is InChI=1S/C15H16N2O3/c1-15(2,3)20-14(19)17-8-4-5-13(17)12-7-6-11(10-18)9-16-12/h4-10H,1-3H3. The van der Waals surface area contributed by atoms with E-state index < -0.39 is 11.7 Å². The maximum Gasteiger partial charge on any atom is 0.419 e. The number of aldehydes is 1. The molecule has 2 aromatic heterocycles. The van der Waals surface area contributed by atoms with Crippen molar-refractivity contribution in [2.45, 2.75) is 26.4 Å². The Morgan fingerprint density at radius 2 is 2.05 bits per heavy atom. The quantitative estimate of drug-likeness (QED) is 0.788. The van der Waals surface area contributed by atoms with Gasteiger partial charge in [0.15, 0.2) is 6.29 Å². The molecule has 0 aliphatic heterocycles. The Balaban J connectivity index is 2.32. The van der Waals surface area contributed by atoms with E-state index in [1.54, 1.807) is 30.5 Å². The molecule has 2 heterocycles. The average molecular weight is 272 g/mol. The second-order valence-corrected chi connectivity index (χ2v) is 5.34. The summed E-state index contributed by atoms with van der Waals surface area (Å²) in [7, 11) is 0. The van der Waals surface area contributed by atoms with Gasteiger partial charge in [0.25, 0.3) is 0 Å². The van der Waals surface area contributed by atoms with E-state index in [9.17, 15) is 9.59 Å². The van der Waals surface area contributed by atoms with Crippen molar-refractivity contribution >= 4 is 12.4 Å².